The summed E-state index contributed by atoms with van der Waals surface area (Å²) in [5, 5.41) is 4.09. The van der Waals surface area contributed by atoms with Crippen LogP contribution in [0.5, 0.6) is 0 Å². The first-order valence-electron chi connectivity index (χ1n) is 8.68. The topological polar surface area (TPSA) is 83.7 Å². The van der Waals surface area contributed by atoms with Gasteiger partial charge in [0.1, 0.15) is 11.5 Å². The normalized spacial score (nSPS) is 16.4. The molecule has 25 heavy (non-hydrogen) atoms. The van der Waals surface area contributed by atoms with Crippen LogP contribution in [0.2, 0.25) is 0 Å². The Kier molecular flexibility index (Phi) is 4.31. The van der Waals surface area contributed by atoms with E-state index < -0.39 is 0 Å². The molecule has 130 valence electrons. The highest BCUT2D eigenvalue weighted by Gasteiger charge is 2.26. The van der Waals surface area contributed by atoms with E-state index in [9.17, 15) is 0 Å². The first-order valence-corrected chi connectivity index (χ1v) is 8.68. The molecule has 1 aliphatic rings. The molecule has 7 nitrogen and oxygen atoms in total. The molecule has 1 aliphatic heterocycles. The van der Waals surface area contributed by atoms with Crippen molar-refractivity contribution in [1.82, 2.24) is 30.0 Å². The van der Waals surface area contributed by atoms with Crippen molar-refractivity contribution in [3.63, 3.8) is 0 Å². The number of hydrogen-bond acceptors (Lipinski definition) is 6. The molecule has 3 aromatic rings. The molecule has 3 aromatic heterocycles. The van der Waals surface area contributed by atoms with Crippen molar-refractivity contribution in [3.05, 3.63) is 47.5 Å². The van der Waals surface area contributed by atoms with Crippen LogP contribution in [-0.2, 0) is 6.54 Å². The number of aryl methyl sites for hydroxylation is 2. The van der Waals surface area contributed by atoms with Gasteiger partial charge in [-0.1, -0.05) is 11.2 Å². The third kappa shape index (κ3) is 3.46. The SMILES string of the molecule is Cc1nc(CN2CCC(c3nc(-c4ccccn4)no3)CC2)c(C)[nH]1. The van der Waals surface area contributed by atoms with Crippen LogP contribution in [0.1, 0.15) is 41.9 Å². The molecule has 1 saturated heterocycles. The van der Waals surface area contributed by atoms with Gasteiger partial charge in [0, 0.05) is 24.4 Å². The highest BCUT2D eigenvalue weighted by molar-refractivity contribution is 5.47. The van der Waals surface area contributed by atoms with Crippen LogP contribution in [0.25, 0.3) is 11.5 Å². The Bertz CT molecular complexity index is 832. The third-order valence-corrected chi connectivity index (χ3v) is 4.75. The Balaban J connectivity index is 1.37. The summed E-state index contributed by atoms with van der Waals surface area (Å²) in [5.41, 5.74) is 3.06. The standard InChI is InChI=1S/C18H22N6O/c1-12-16(21-13(2)20-12)11-24-9-6-14(7-10-24)18-22-17(23-25-18)15-5-3-4-8-19-15/h3-5,8,14H,6-7,9-11H2,1-2H3,(H,20,21). The van der Waals surface area contributed by atoms with Gasteiger partial charge in [0.15, 0.2) is 0 Å². The second-order valence-electron chi connectivity index (χ2n) is 6.62. The molecule has 0 radical (unpaired) electrons. The maximum Gasteiger partial charge on any atom is 0.230 e. The monoisotopic (exact) mass is 338 g/mol. The van der Waals surface area contributed by atoms with Crippen molar-refractivity contribution >= 4 is 0 Å². The van der Waals surface area contributed by atoms with Crippen LogP contribution in [0.4, 0.5) is 0 Å². The highest BCUT2D eigenvalue weighted by Crippen LogP contribution is 2.28. The summed E-state index contributed by atoms with van der Waals surface area (Å²) < 4.78 is 5.50. The summed E-state index contributed by atoms with van der Waals surface area (Å²) in [6.07, 6.45) is 3.78. The number of nitrogens with zero attached hydrogens (tertiary/aromatic N) is 5. The van der Waals surface area contributed by atoms with Crippen LogP contribution in [0.3, 0.4) is 0 Å². The Morgan fingerprint density at radius 1 is 1.20 bits per heavy atom. The maximum atomic E-state index is 5.50. The zero-order valence-corrected chi connectivity index (χ0v) is 14.6. The van der Waals surface area contributed by atoms with Gasteiger partial charge in [-0.2, -0.15) is 4.98 Å². The number of aromatic nitrogens is 5. The Hall–Kier alpha value is -2.54. The molecule has 1 N–H and O–H groups in total. The predicted octanol–water partition coefficient (Wildman–Crippen LogP) is 2.85. The van der Waals surface area contributed by atoms with Crippen molar-refractivity contribution < 1.29 is 4.52 Å². The summed E-state index contributed by atoms with van der Waals surface area (Å²) in [5.74, 6) is 2.60. The van der Waals surface area contributed by atoms with E-state index in [-0.39, 0.29) is 0 Å². The number of aromatic amines is 1. The highest BCUT2D eigenvalue weighted by atomic mass is 16.5. The molecule has 0 saturated carbocycles. The third-order valence-electron chi connectivity index (χ3n) is 4.75. The van der Waals surface area contributed by atoms with Gasteiger partial charge in [0.25, 0.3) is 0 Å². The minimum Gasteiger partial charge on any atom is -0.346 e. The molecule has 0 spiro atoms. The van der Waals surface area contributed by atoms with Gasteiger partial charge < -0.3 is 9.51 Å². The number of pyridine rings is 1. The second kappa shape index (κ2) is 6.76. The number of piperidine rings is 1. The van der Waals surface area contributed by atoms with Crippen molar-refractivity contribution in [2.75, 3.05) is 13.1 Å². The number of nitrogens with one attached hydrogen (secondary N) is 1. The fourth-order valence-electron chi connectivity index (χ4n) is 3.36. The molecule has 7 heteroatoms. The van der Waals surface area contributed by atoms with Crippen molar-refractivity contribution in [1.29, 1.82) is 0 Å². The second-order valence-corrected chi connectivity index (χ2v) is 6.62. The maximum absolute atomic E-state index is 5.50. The lowest BCUT2D eigenvalue weighted by molar-refractivity contribution is 0.186. The van der Waals surface area contributed by atoms with E-state index >= 15 is 0 Å². The average Bonchev–Trinajstić information content (AvgIpc) is 3.23. The largest absolute Gasteiger partial charge is 0.346 e. The lowest BCUT2D eigenvalue weighted by atomic mass is 9.96. The molecule has 0 aliphatic carbocycles. The number of H-pyrrole nitrogens is 1. The van der Waals surface area contributed by atoms with Crippen LogP contribution in [0, 0.1) is 13.8 Å². The Labute approximate surface area is 146 Å². The summed E-state index contributed by atoms with van der Waals surface area (Å²) in [7, 11) is 0. The van der Waals surface area contributed by atoms with Crippen LogP contribution >= 0.6 is 0 Å². The lowest BCUT2D eigenvalue weighted by Gasteiger charge is -2.29. The Morgan fingerprint density at radius 2 is 2.04 bits per heavy atom. The molecular formula is C18H22N6O. The van der Waals surface area contributed by atoms with E-state index in [1.54, 1.807) is 6.20 Å². The molecule has 0 aromatic carbocycles. The van der Waals surface area contributed by atoms with Crippen molar-refractivity contribution in [2.45, 2.75) is 39.2 Å². The van der Waals surface area contributed by atoms with Gasteiger partial charge in [0.2, 0.25) is 11.7 Å². The minimum atomic E-state index is 0.322. The van der Waals surface area contributed by atoms with Crippen LogP contribution in [-0.4, -0.2) is 43.1 Å². The van der Waals surface area contributed by atoms with E-state index in [2.05, 4.69) is 36.9 Å². The van der Waals surface area contributed by atoms with E-state index in [0.29, 0.717) is 11.7 Å². The van der Waals surface area contributed by atoms with Gasteiger partial charge >= 0.3 is 0 Å². The molecule has 4 heterocycles. The first-order chi connectivity index (χ1) is 12.2. The first kappa shape index (κ1) is 16.0. The lowest BCUT2D eigenvalue weighted by Crippen LogP contribution is -2.32. The number of imidazole rings is 1. The zero-order valence-electron chi connectivity index (χ0n) is 14.6. The minimum absolute atomic E-state index is 0.322. The Morgan fingerprint density at radius 3 is 2.72 bits per heavy atom. The predicted molar refractivity (Wildman–Crippen MR) is 92.8 cm³/mol. The average molecular weight is 338 g/mol. The smallest absolute Gasteiger partial charge is 0.230 e. The molecule has 0 bridgehead atoms. The van der Waals surface area contributed by atoms with Crippen LogP contribution in [0.15, 0.2) is 28.9 Å². The van der Waals surface area contributed by atoms with Crippen molar-refractivity contribution in [2.24, 2.45) is 0 Å². The van der Waals surface area contributed by atoms with Gasteiger partial charge in [-0.25, -0.2) is 4.98 Å². The van der Waals surface area contributed by atoms with E-state index in [4.69, 9.17) is 4.52 Å². The van der Waals surface area contributed by atoms with Gasteiger partial charge in [-0.05, 0) is 51.9 Å². The number of likely N-dealkylation sites (tertiary alicyclic amines) is 1. The molecule has 1 fully saturated rings. The fourth-order valence-corrected chi connectivity index (χ4v) is 3.36. The van der Waals surface area contributed by atoms with E-state index in [1.807, 2.05) is 25.1 Å². The zero-order chi connectivity index (χ0) is 17.2. The van der Waals surface area contributed by atoms with Gasteiger partial charge in [-0.3, -0.25) is 9.88 Å². The summed E-state index contributed by atoms with van der Waals surface area (Å²) >= 11 is 0. The summed E-state index contributed by atoms with van der Waals surface area (Å²) in [6.45, 7) is 7.00. The number of hydrogen-bond donors (Lipinski definition) is 1. The van der Waals surface area contributed by atoms with E-state index in [0.717, 1.165) is 61.3 Å². The van der Waals surface area contributed by atoms with Gasteiger partial charge in [0.05, 0.1) is 5.69 Å². The quantitative estimate of drug-likeness (QED) is 0.787. The van der Waals surface area contributed by atoms with Gasteiger partial charge in [-0.15, -0.1) is 0 Å². The van der Waals surface area contributed by atoms with E-state index in [1.165, 1.54) is 0 Å². The fraction of sp³-hybridized carbons (Fsp3) is 0.444. The van der Waals surface area contributed by atoms with Crippen molar-refractivity contribution in [3.8, 4) is 11.5 Å². The van der Waals surface area contributed by atoms with Crippen LogP contribution < -0.4 is 0 Å². The number of rotatable bonds is 4. The molecular weight excluding hydrogens is 316 g/mol. The molecule has 0 atom stereocenters. The summed E-state index contributed by atoms with van der Waals surface area (Å²) in [6, 6.07) is 5.70. The molecule has 0 amide bonds. The molecule has 0 unspecified atom stereocenters. The molecule has 4 rings (SSSR count). The summed E-state index contributed by atoms with van der Waals surface area (Å²) in [4.78, 5) is 19.1.